The van der Waals surface area contributed by atoms with Crippen molar-refractivity contribution in [3.8, 4) is 0 Å². The number of aliphatic hydroxyl groups is 2. The molecule has 0 aromatic rings. The monoisotopic (exact) mass is 910 g/mol. The molecule has 1 aliphatic heterocycles. The van der Waals surface area contributed by atoms with Crippen molar-refractivity contribution in [3.63, 3.8) is 0 Å². The Morgan fingerprint density at radius 2 is 1.35 bits per heavy atom. The molecule has 43 heavy (non-hydrogen) atoms. The van der Waals surface area contributed by atoms with Crippen LogP contribution < -0.4 is 21.3 Å². The molecule has 0 aromatic heterocycles. The van der Waals surface area contributed by atoms with Crippen molar-refractivity contribution in [2.75, 3.05) is 50.9 Å². The molecule has 1 fully saturated rings. The normalized spacial score (nSPS) is 17.7. The van der Waals surface area contributed by atoms with Crippen LogP contribution in [0, 0.1) is 10.8 Å². The number of carbonyl (C=O) groups is 4. The predicted molar refractivity (Wildman–Crippen MR) is 178 cm³/mol. The summed E-state index contributed by atoms with van der Waals surface area (Å²) < 4.78 is 11.3. The van der Waals surface area contributed by atoms with Crippen LogP contribution in [0.25, 0.3) is 0 Å². The van der Waals surface area contributed by atoms with Crippen molar-refractivity contribution in [2.45, 2.75) is 72.4 Å². The summed E-state index contributed by atoms with van der Waals surface area (Å²) in [5.41, 5.74) is -1.31. The molecule has 1 rings (SSSR count). The van der Waals surface area contributed by atoms with Crippen LogP contribution >= 0.6 is 50.8 Å². The van der Waals surface area contributed by atoms with Crippen LogP contribution in [0.15, 0.2) is 0 Å². The van der Waals surface area contributed by atoms with Gasteiger partial charge in [-0.3, -0.25) is 19.2 Å². The van der Waals surface area contributed by atoms with Crippen LogP contribution in [-0.4, -0.2) is 121 Å². The molecule has 2 atom stereocenters. The zero-order valence-electron chi connectivity index (χ0n) is 25.5. The van der Waals surface area contributed by atoms with Crippen LogP contribution in [0.3, 0.4) is 0 Å². The SMILES string of the molecule is CC(C)(CO)[C@@H](O)C(=O)NCCC(=O)NCCS.CC1(C)OCC(C)(C)[C@H](C(=O)NCCC(=O)NCCS)O1.[Cl][Bi]([Cl])[Cl]. The van der Waals surface area contributed by atoms with Crippen LogP contribution in [0.5, 0.6) is 0 Å². The van der Waals surface area contributed by atoms with Gasteiger partial charge in [-0.2, -0.15) is 25.3 Å². The van der Waals surface area contributed by atoms with Crippen LogP contribution in [-0.2, 0) is 28.7 Å². The first-order valence-corrected chi connectivity index (χ1v) is 27.6. The van der Waals surface area contributed by atoms with E-state index in [1.54, 1.807) is 27.7 Å². The Kier molecular flexibility index (Phi) is 24.7. The third-order valence-corrected chi connectivity index (χ3v) is 6.16. The summed E-state index contributed by atoms with van der Waals surface area (Å²) in [7, 11) is 15.0. The minimum absolute atomic E-state index is 0.100. The van der Waals surface area contributed by atoms with Gasteiger partial charge in [0.2, 0.25) is 23.6 Å². The number of thiol groups is 2. The molecule has 1 saturated heterocycles. The van der Waals surface area contributed by atoms with E-state index in [9.17, 15) is 24.3 Å². The Balaban J connectivity index is 0. The van der Waals surface area contributed by atoms with E-state index in [1.807, 2.05) is 13.8 Å². The molecule has 0 unspecified atom stereocenters. The number of hydrogen-bond acceptors (Lipinski definition) is 10. The van der Waals surface area contributed by atoms with Crippen LogP contribution in [0.2, 0.25) is 0 Å². The van der Waals surface area contributed by atoms with Gasteiger partial charge in [-0.05, 0) is 13.8 Å². The van der Waals surface area contributed by atoms with Gasteiger partial charge in [0.25, 0.3) is 0 Å². The fourth-order valence-electron chi connectivity index (χ4n) is 3.12. The first-order valence-electron chi connectivity index (χ1n) is 13.4. The molecular formula is C25H48BiCl3N4O8S2. The van der Waals surface area contributed by atoms with Crippen molar-refractivity contribution >= 4 is 92.6 Å². The first-order chi connectivity index (χ1) is 19.8. The molecule has 254 valence electrons. The van der Waals surface area contributed by atoms with E-state index in [-0.39, 0.29) is 50.3 Å². The Morgan fingerprint density at radius 3 is 1.77 bits per heavy atom. The van der Waals surface area contributed by atoms with Gasteiger partial charge in [-0.1, -0.05) is 27.7 Å². The summed E-state index contributed by atoms with van der Waals surface area (Å²) in [5.74, 6) is -0.702. The molecule has 12 nitrogen and oxygen atoms in total. The molecule has 0 aromatic carbocycles. The average Bonchev–Trinajstić information content (AvgIpc) is 2.91. The van der Waals surface area contributed by atoms with E-state index >= 15 is 0 Å². The van der Waals surface area contributed by atoms with Crippen molar-refractivity contribution in [1.29, 1.82) is 0 Å². The number of nitrogens with one attached hydrogen (secondary N) is 4. The molecule has 0 bridgehead atoms. The molecule has 0 spiro atoms. The average molecular weight is 912 g/mol. The Hall–Kier alpha value is 0.173. The van der Waals surface area contributed by atoms with Crippen molar-refractivity contribution in [1.82, 2.24) is 21.3 Å². The maximum atomic E-state index is 12.3. The maximum absolute atomic E-state index is 12.3. The van der Waals surface area contributed by atoms with E-state index in [1.165, 1.54) is 0 Å². The van der Waals surface area contributed by atoms with Gasteiger partial charge in [0, 0.05) is 61.4 Å². The number of rotatable bonds is 14. The van der Waals surface area contributed by atoms with E-state index in [0.717, 1.165) is 0 Å². The second-order valence-electron chi connectivity index (χ2n) is 11.1. The summed E-state index contributed by atoms with van der Waals surface area (Å²) in [6, 6.07) is 0. The van der Waals surface area contributed by atoms with Gasteiger partial charge >= 0.3 is 43.7 Å². The molecular weight excluding hydrogens is 864 g/mol. The van der Waals surface area contributed by atoms with Crippen molar-refractivity contribution < 1.29 is 38.9 Å². The predicted octanol–water partition coefficient (Wildman–Crippen LogP) is 1.32. The number of amides is 4. The third-order valence-electron chi connectivity index (χ3n) is 5.71. The number of hydrogen-bond donors (Lipinski definition) is 8. The number of halogens is 3. The zero-order valence-corrected chi connectivity index (χ0v) is 33.1. The minimum atomic E-state index is -2.18. The molecule has 0 radical (unpaired) electrons. The van der Waals surface area contributed by atoms with Crippen LogP contribution in [0.4, 0.5) is 0 Å². The number of carbonyl (C=O) groups excluding carboxylic acids is 4. The second-order valence-corrected chi connectivity index (χ2v) is 27.0. The van der Waals surface area contributed by atoms with Crippen molar-refractivity contribution in [3.05, 3.63) is 0 Å². The molecule has 1 heterocycles. The summed E-state index contributed by atoms with van der Waals surface area (Å²) >= 11 is 5.78. The van der Waals surface area contributed by atoms with Crippen molar-refractivity contribution in [2.24, 2.45) is 10.8 Å². The topological polar surface area (TPSA) is 175 Å². The Morgan fingerprint density at radius 1 is 0.907 bits per heavy atom. The van der Waals surface area contributed by atoms with Gasteiger partial charge in [0.05, 0.1) is 13.2 Å². The zero-order chi connectivity index (χ0) is 33.9. The van der Waals surface area contributed by atoms with E-state index in [4.69, 9.17) is 40.1 Å². The summed E-state index contributed by atoms with van der Waals surface area (Å²) in [6.45, 7) is 12.2. The number of ether oxygens (including phenoxy) is 2. The molecule has 0 aliphatic carbocycles. The van der Waals surface area contributed by atoms with Gasteiger partial charge < -0.3 is 41.0 Å². The van der Waals surface area contributed by atoms with Gasteiger partial charge in [-0.25, -0.2) is 0 Å². The second kappa shape index (κ2) is 23.5. The fourth-order valence-corrected chi connectivity index (χ4v) is 3.34. The van der Waals surface area contributed by atoms with E-state index in [2.05, 4.69) is 46.5 Å². The fraction of sp³-hybridized carbons (Fsp3) is 0.840. The Bertz CT molecular complexity index is 859. The molecule has 4 amide bonds. The van der Waals surface area contributed by atoms with Crippen LogP contribution in [0.1, 0.15) is 54.4 Å². The summed E-state index contributed by atoms with van der Waals surface area (Å²) in [6.07, 6.45) is -1.51. The molecule has 0 saturated carbocycles. The summed E-state index contributed by atoms with van der Waals surface area (Å²) in [4.78, 5) is 46.4. The molecule has 6 N–H and O–H groups in total. The standard InChI is InChI=1S/C14H26N2O4S.C11H22N2O4S.Bi.3ClH/c1-13(2)9-19-14(3,4)20-11(13)12(18)16-6-5-10(17)15-7-8-21;1-11(2,7-14)9(16)10(17)13-4-3-8(15)12-5-6-18;;;;/h11,21H,5-9H2,1-4H3,(H,15,17)(H,16,18);9,14,16,18H,3-7H2,1-2H3,(H,12,15)(H,13,17);;3*1H/q;;+3;;;/p-3/t11-;9-;;;;/m00..../s1. The van der Waals surface area contributed by atoms with Gasteiger partial charge in [0.1, 0.15) is 12.2 Å². The Labute approximate surface area is 284 Å². The molecule has 18 heteroatoms. The summed E-state index contributed by atoms with van der Waals surface area (Å²) in [5, 5.41) is 29.2. The first kappa shape index (κ1) is 45.3. The third kappa shape index (κ3) is 22.4. The van der Waals surface area contributed by atoms with Gasteiger partial charge in [0.15, 0.2) is 5.79 Å². The van der Waals surface area contributed by atoms with Gasteiger partial charge in [-0.15, -0.1) is 0 Å². The molecule has 1 aliphatic rings. The number of aliphatic hydroxyl groups excluding tert-OH is 2. The quantitative estimate of drug-likeness (QED) is 0.0953. The van der Waals surface area contributed by atoms with E-state index < -0.39 is 52.9 Å². The van der Waals surface area contributed by atoms with E-state index in [0.29, 0.717) is 31.2 Å².